The van der Waals surface area contributed by atoms with E-state index in [1.807, 2.05) is 0 Å². The van der Waals surface area contributed by atoms with Crippen LogP contribution in [-0.4, -0.2) is 39.7 Å². The number of hydrogen-bond acceptors (Lipinski definition) is 3. The Bertz CT molecular complexity index is 413. The van der Waals surface area contributed by atoms with Crippen LogP contribution in [0.25, 0.3) is 0 Å². The summed E-state index contributed by atoms with van der Waals surface area (Å²) in [7, 11) is 2.16. The lowest BCUT2D eigenvalue weighted by Gasteiger charge is -2.16. The molecule has 1 fully saturated rings. The third-order valence-corrected chi connectivity index (χ3v) is 4.14. The van der Waals surface area contributed by atoms with Gasteiger partial charge in [-0.25, -0.2) is 4.98 Å². The van der Waals surface area contributed by atoms with Crippen molar-refractivity contribution in [2.75, 3.05) is 20.1 Å². The molecule has 94 valence electrons. The van der Waals surface area contributed by atoms with E-state index in [1.165, 1.54) is 30.8 Å². The zero-order chi connectivity index (χ0) is 11.8. The van der Waals surface area contributed by atoms with Crippen LogP contribution in [0.2, 0.25) is 0 Å². The van der Waals surface area contributed by atoms with Crippen LogP contribution in [0.15, 0.2) is 0 Å². The van der Waals surface area contributed by atoms with Crippen LogP contribution in [0.1, 0.15) is 42.4 Å². The Labute approximate surface area is 102 Å². The van der Waals surface area contributed by atoms with Crippen molar-refractivity contribution < 1.29 is 5.11 Å². The molecule has 0 bridgehead atoms. The monoisotopic (exact) mass is 235 g/mol. The van der Waals surface area contributed by atoms with Gasteiger partial charge in [-0.15, -0.1) is 0 Å². The highest BCUT2D eigenvalue weighted by Crippen LogP contribution is 2.30. The van der Waals surface area contributed by atoms with Gasteiger partial charge in [0.2, 0.25) is 0 Å². The number of aliphatic hydroxyl groups is 1. The molecule has 0 radical (unpaired) electrons. The summed E-state index contributed by atoms with van der Waals surface area (Å²) in [6.07, 6.45) is 4.72. The van der Waals surface area contributed by atoms with E-state index in [4.69, 9.17) is 4.98 Å². The molecule has 1 atom stereocenters. The van der Waals surface area contributed by atoms with E-state index in [0.717, 1.165) is 31.7 Å². The summed E-state index contributed by atoms with van der Waals surface area (Å²) in [5.74, 6) is 1.73. The first-order chi connectivity index (χ1) is 8.29. The zero-order valence-electron chi connectivity index (χ0n) is 10.5. The fourth-order valence-electron chi connectivity index (χ4n) is 3.22. The van der Waals surface area contributed by atoms with Gasteiger partial charge in [0.25, 0.3) is 0 Å². The van der Waals surface area contributed by atoms with Gasteiger partial charge in [0, 0.05) is 25.4 Å². The highest BCUT2D eigenvalue weighted by atomic mass is 16.3. The molecule has 1 N–H and O–H groups in total. The first-order valence-corrected chi connectivity index (χ1v) is 6.67. The molecule has 2 aliphatic rings. The number of aryl methyl sites for hydroxylation is 1. The fourth-order valence-corrected chi connectivity index (χ4v) is 3.22. The molecule has 0 aromatic carbocycles. The van der Waals surface area contributed by atoms with E-state index in [1.54, 1.807) is 0 Å². The normalized spacial score (nSPS) is 25.2. The molecule has 17 heavy (non-hydrogen) atoms. The minimum atomic E-state index is 0.141. The third kappa shape index (κ3) is 1.89. The Hall–Kier alpha value is -0.870. The molecule has 4 nitrogen and oxygen atoms in total. The van der Waals surface area contributed by atoms with Crippen molar-refractivity contribution in [2.24, 2.45) is 0 Å². The van der Waals surface area contributed by atoms with Crippen LogP contribution in [0.5, 0.6) is 0 Å². The number of likely N-dealkylation sites (N-methyl/N-ethyl adjacent to an activating group) is 1. The van der Waals surface area contributed by atoms with Gasteiger partial charge in [0.1, 0.15) is 5.82 Å². The average Bonchev–Trinajstić information content (AvgIpc) is 2.91. The molecule has 3 rings (SSSR count). The second kappa shape index (κ2) is 4.42. The SMILES string of the molecule is CN1CCC(c2nc3n(c2CO)CCCC3)C1. The van der Waals surface area contributed by atoms with Crippen LogP contribution >= 0.6 is 0 Å². The van der Waals surface area contributed by atoms with Crippen molar-refractivity contribution in [1.29, 1.82) is 0 Å². The second-order valence-electron chi connectivity index (χ2n) is 5.37. The van der Waals surface area contributed by atoms with E-state index in [-0.39, 0.29) is 6.61 Å². The fraction of sp³-hybridized carbons (Fsp3) is 0.769. The lowest BCUT2D eigenvalue weighted by Crippen LogP contribution is -2.15. The Morgan fingerprint density at radius 1 is 1.35 bits per heavy atom. The van der Waals surface area contributed by atoms with Gasteiger partial charge in [-0.1, -0.05) is 0 Å². The lowest BCUT2D eigenvalue weighted by molar-refractivity contribution is 0.265. The number of likely N-dealkylation sites (tertiary alicyclic amines) is 1. The van der Waals surface area contributed by atoms with E-state index in [0.29, 0.717) is 5.92 Å². The van der Waals surface area contributed by atoms with Crippen molar-refractivity contribution in [3.63, 3.8) is 0 Å². The Kier molecular flexibility index (Phi) is 2.92. The van der Waals surface area contributed by atoms with Gasteiger partial charge in [-0.2, -0.15) is 0 Å². The van der Waals surface area contributed by atoms with Gasteiger partial charge in [-0.3, -0.25) is 0 Å². The summed E-state index contributed by atoms with van der Waals surface area (Å²) in [5.41, 5.74) is 2.26. The molecule has 2 aliphatic heterocycles. The standard InChI is InChI=1S/C13H21N3O/c1-15-7-5-10(8-15)13-11(9-17)16-6-3-2-4-12(16)14-13/h10,17H,2-9H2,1H3. The van der Waals surface area contributed by atoms with Crippen LogP contribution in [0, 0.1) is 0 Å². The highest BCUT2D eigenvalue weighted by Gasteiger charge is 2.28. The van der Waals surface area contributed by atoms with Crippen LogP contribution in [0.3, 0.4) is 0 Å². The smallest absolute Gasteiger partial charge is 0.109 e. The largest absolute Gasteiger partial charge is 0.390 e. The molecule has 1 aromatic heterocycles. The van der Waals surface area contributed by atoms with Crippen molar-refractivity contribution in [2.45, 2.75) is 44.8 Å². The zero-order valence-corrected chi connectivity index (χ0v) is 10.5. The molecule has 4 heteroatoms. The number of rotatable bonds is 2. The molecule has 3 heterocycles. The third-order valence-electron chi connectivity index (χ3n) is 4.14. The number of aromatic nitrogens is 2. The number of fused-ring (bicyclic) bond motifs is 1. The van der Waals surface area contributed by atoms with Crippen molar-refractivity contribution in [3.8, 4) is 0 Å². The van der Waals surface area contributed by atoms with E-state index in [9.17, 15) is 5.11 Å². The molecule has 1 saturated heterocycles. The van der Waals surface area contributed by atoms with E-state index < -0.39 is 0 Å². The summed E-state index contributed by atoms with van der Waals surface area (Å²) >= 11 is 0. The summed E-state index contributed by atoms with van der Waals surface area (Å²) in [4.78, 5) is 7.17. The predicted molar refractivity (Wildman–Crippen MR) is 65.9 cm³/mol. The maximum atomic E-state index is 9.62. The van der Waals surface area contributed by atoms with Crippen molar-refractivity contribution in [1.82, 2.24) is 14.5 Å². The van der Waals surface area contributed by atoms with Crippen LogP contribution in [-0.2, 0) is 19.6 Å². The van der Waals surface area contributed by atoms with Gasteiger partial charge in [-0.05, 0) is 32.9 Å². The first kappa shape index (κ1) is 11.2. The maximum Gasteiger partial charge on any atom is 0.109 e. The van der Waals surface area contributed by atoms with Gasteiger partial charge in [0.05, 0.1) is 18.0 Å². The van der Waals surface area contributed by atoms with E-state index >= 15 is 0 Å². The van der Waals surface area contributed by atoms with Crippen molar-refractivity contribution >= 4 is 0 Å². The predicted octanol–water partition coefficient (Wildman–Crippen LogP) is 1.13. The topological polar surface area (TPSA) is 41.3 Å². The summed E-state index contributed by atoms with van der Waals surface area (Å²) in [5, 5.41) is 9.62. The number of hydrogen-bond donors (Lipinski definition) is 1. The highest BCUT2D eigenvalue weighted by molar-refractivity contribution is 5.23. The summed E-state index contributed by atoms with van der Waals surface area (Å²) < 4.78 is 2.26. The molecular formula is C13H21N3O. The maximum absolute atomic E-state index is 9.62. The van der Waals surface area contributed by atoms with E-state index in [2.05, 4.69) is 16.5 Å². The van der Waals surface area contributed by atoms with Gasteiger partial charge >= 0.3 is 0 Å². The first-order valence-electron chi connectivity index (χ1n) is 6.67. The minimum absolute atomic E-state index is 0.141. The Morgan fingerprint density at radius 2 is 2.24 bits per heavy atom. The Morgan fingerprint density at radius 3 is 2.94 bits per heavy atom. The number of nitrogens with zero attached hydrogens (tertiary/aromatic N) is 3. The quantitative estimate of drug-likeness (QED) is 0.835. The summed E-state index contributed by atoms with van der Waals surface area (Å²) in [6, 6.07) is 0. The molecule has 1 unspecified atom stereocenters. The van der Waals surface area contributed by atoms with Gasteiger partial charge in [0.15, 0.2) is 0 Å². The van der Waals surface area contributed by atoms with Crippen LogP contribution in [0.4, 0.5) is 0 Å². The van der Waals surface area contributed by atoms with Crippen LogP contribution < -0.4 is 0 Å². The second-order valence-corrected chi connectivity index (χ2v) is 5.37. The lowest BCUT2D eigenvalue weighted by atomic mass is 10.0. The number of aliphatic hydroxyl groups excluding tert-OH is 1. The van der Waals surface area contributed by atoms with Gasteiger partial charge < -0.3 is 14.6 Å². The molecule has 0 spiro atoms. The molecule has 1 aromatic rings. The van der Waals surface area contributed by atoms with Crippen molar-refractivity contribution in [3.05, 3.63) is 17.2 Å². The summed E-state index contributed by atoms with van der Waals surface area (Å²) in [6.45, 7) is 3.42. The molecule has 0 aliphatic carbocycles. The number of imidazole rings is 1. The molecular weight excluding hydrogens is 214 g/mol. The Balaban J connectivity index is 1.95. The molecule has 0 saturated carbocycles. The molecule has 0 amide bonds. The minimum Gasteiger partial charge on any atom is -0.390 e. The average molecular weight is 235 g/mol.